The monoisotopic (exact) mass is 282 g/mol. The lowest BCUT2D eigenvalue weighted by molar-refractivity contribution is -0.114. The van der Waals surface area contributed by atoms with Crippen LogP contribution in [0.5, 0.6) is 0 Å². The van der Waals surface area contributed by atoms with Crippen LogP contribution in [0.2, 0.25) is 0 Å². The van der Waals surface area contributed by atoms with E-state index < -0.39 is 0 Å². The minimum Gasteiger partial charge on any atom is -0.295 e. The largest absolute Gasteiger partial charge is 0.295 e. The van der Waals surface area contributed by atoms with Crippen LogP contribution in [0, 0.1) is 0 Å². The lowest BCUT2D eigenvalue weighted by Crippen LogP contribution is -2.08. The molecule has 0 saturated heterocycles. The number of rotatable bonds is 3. The molecule has 0 fully saturated rings. The zero-order valence-corrected chi connectivity index (χ0v) is 11.0. The summed E-state index contributed by atoms with van der Waals surface area (Å²) in [7, 11) is 0. The fourth-order valence-corrected chi connectivity index (χ4v) is 2.59. The quantitative estimate of drug-likeness (QED) is 0.853. The summed E-state index contributed by atoms with van der Waals surface area (Å²) < 4.78 is 2.97. The highest BCUT2D eigenvalue weighted by Crippen LogP contribution is 2.30. The third kappa shape index (κ3) is 2.26. The number of carbonyl (C=O) groups excluding carboxylic acids is 1. The van der Waals surface area contributed by atoms with Gasteiger partial charge in [0.2, 0.25) is 0 Å². The first-order valence-corrected chi connectivity index (χ1v) is 6.46. The molecular formula is C12H15BrN2O. The Labute approximate surface area is 104 Å². The second-order valence-electron chi connectivity index (χ2n) is 4.05. The topological polar surface area (TPSA) is 34.9 Å². The maximum atomic E-state index is 11.4. The van der Waals surface area contributed by atoms with E-state index in [9.17, 15) is 4.79 Å². The summed E-state index contributed by atoms with van der Waals surface area (Å²) >= 11 is 3.51. The number of carbonyl (C=O) groups is 1. The molecule has 0 unspecified atom stereocenters. The Bertz CT molecular complexity index is 434. The first kappa shape index (κ1) is 11.6. The molecule has 0 spiro atoms. The third-order valence-corrected chi connectivity index (χ3v) is 3.32. The number of ketones is 1. The maximum absolute atomic E-state index is 11.4. The molecular weight excluding hydrogens is 268 g/mol. The van der Waals surface area contributed by atoms with Gasteiger partial charge in [-0.3, -0.25) is 9.48 Å². The Morgan fingerprint density at radius 3 is 3.00 bits per heavy atom. The normalized spacial score (nSPS) is 16.4. The smallest absolute Gasteiger partial charge is 0.156 e. The van der Waals surface area contributed by atoms with Crippen LogP contribution >= 0.6 is 15.9 Å². The van der Waals surface area contributed by atoms with Gasteiger partial charge in [-0.25, -0.2) is 0 Å². The van der Waals surface area contributed by atoms with Crippen molar-refractivity contribution in [1.29, 1.82) is 0 Å². The summed E-state index contributed by atoms with van der Waals surface area (Å²) in [5, 5.41) is 4.32. The molecule has 0 bridgehead atoms. The number of nitrogens with zero attached hydrogens (tertiary/aromatic N) is 2. The van der Waals surface area contributed by atoms with Gasteiger partial charge in [0, 0.05) is 13.0 Å². The summed E-state index contributed by atoms with van der Waals surface area (Å²) in [6.07, 6.45) is 7.24. The molecule has 1 aromatic rings. The summed E-state index contributed by atoms with van der Waals surface area (Å²) in [5.41, 5.74) is 2.20. The predicted molar refractivity (Wildman–Crippen MR) is 67.1 cm³/mol. The average Bonchev–Trinajstić information content (AvgIpc) is 2.60. The lowest BCUT2D eigenvalue weighted by atomic mass is 9.96. The second kappa shape index (κ2) is 4.95. The van der Waals surface area contributed by atoms with Crippen LogP contribution in [-0.2, 0) is 11.3 Å². The van der Waals surface area contributed by atoms with Gasteiger partial charge in [-0.15, -0.1) is 0 Å². The molecule has 1 aliphatic rings. The fraction of sp³-hybridized carbons (Fsp3) is 0.500. The van der Waals surface area contributed by atoms with Gasteiger partial charge in [0.1, 0.15) is 0 Å². The molecule has 1 aromatic heterocycles. The van der Waals surface area contributed by atoms with E-state index in [1.54, 1.807) is 6.08 Å². The molecule has 0 aromatic carbocycles. The highest BCUT2D eigenvalue weighted by Gasteiger charge is 2.17. The number of halogens is 1. The SMILES string of the molecule is CCCn1ncc(Br)c1C1=CC(=O)CCC1. The zero-order chi connectivity index (χ0) is 11.5. The fourth-order valence-electron chi connectivity index (χ4n) is 2.04. The van der Waals surface area contributed by atoms with E-state index in [1.165, 1.54) is 0 Å². The van der Waals surface area contributed by atoms with Crippen molar-refractivity contribution in [2.24, 2.45) is 0 Å². The zero-order valence-electron chi connectivity index (χ0n) is 9.37. The summed E-state index contributed by atoms with van der Waals surface area (Å²) in [4.78, 5) is 11.4. The highest BCUT2D eigenvalue weighted by molar-refractivity contribution is 9.10. The second-order valence-corrected chi connectivity index (χ2v) is 4.91. The molecule has 0 saturated carbocycles. The van der Waals surface area contributed by atoms with Gasteiger partial charge in [-0.2, -0.15) is 5.10 Å². The van der Waals surface area contributed by atoms with Gasteiger partial charge in [0.15, 0.2) is 5.78 Å². The van der Waals surface area contributed by atoms with Gasteiger partial charge >= 0.3 is 0 Å². The van der Waals surface area contributed by atoms with Crippen LogP contribution in [-0.4, -0.2) is 15.6 Å². The van der Waals surface area contributed by atoms with Gasteiger partial charge in [-0.1, -0.05) is 6.92 Å². The van der Waals surface area contributed by atoms with Crippen LogP contribution in [0.3, 0.4) is 0 Å². The number of hydrogen-bond donors (Lipinski definition) is 0. The molecule has 0 radical (unpaired) electrons. The van der Waals surface area contributed by atoms with E-state index >= 15 is 0 Å². The van der Waals surface area contributed by atoms with Crippen LogP contribution in [0.25, 0.3) is 5.57 Å². The molecule has 0 aliphatic heterocycles. The minimum absolute atomic E-state index is 0.234. The van der Waals surface area contributed by atoms with Gasteiger partial charge in [-0.05, 0) is 46.8 Å². The van der Waals surface area contributed by atoms with Crippen molar-refractivity contribution in [3.63, 3.8) is 0 Å². The highest BCUT2D eigenvalue weighted by atomic mass is 79.9. The number of aryl methyl sites for hydroxylation is 1. The molecule has 1 heterocycles. The van der Waals surface area contributed by atoms with E-state index in [0.717, 1.165) is 41.5 Å². The first-order chi connectivity index (χ1) is 7.72. The van der Waals surface area contributed by atoms with Crippen LogP contribution in [0.4, 0.5) is 0 Å². The minimum atomic E-state index is 0.234. The molecule has 0 atom stereocenters. The Morgan fingerprint density at radius 1 is 1.50 bits per heavy atom. The van der Waals surface area contributed by atoms with Crippen LogP contribution in [0.15, 0.2) is 16.7 Å². The molecule has 4 heteroatoms. The van der Waals surface area contributed by atoms with Crippen molar-refractivity contribution >= 4 is 27.3 Å². The van der Waals surface area contributed by atoms with Crippen molar-refractivity contribution in [1.82, 2.24) is 9.78 Å². The first-order valence-electron chi connectivity index (χ1n) is 5.67. The number of hydrogen-bond acceptors (Lipinski definition) is 2. The van der Waals surface area contributed by atoms with Gasteiger partial charge in [0.25, 0.3) is 0 Å². The van der Waals surface area contributed by atoms with E-state index in [0.29, 0.717) is 6.42 Å². The number of allylic oxidation sites excluding steroid dienone is 2. The van der Waals surface area contributed by atoms with Crippen molar-refractivity contribution in [3.05, 3.63) is 22.4 Å². The van der Waals surface area contributed by atoms with Crippen molar-refractivity contribution in [2.45, 2.75) is 39.2 Å². The predicted octanol–water partition coefficient (Wildman–Crippen LogP) is 3.19. The summed E-state index contributed by atoms with van der Waals surface area (Å²) in [6.45, 7) is 3.02. The molecule has 16 heavy (non-hydrogen) atoms. The van der Waals surface area contributed by atoms with E-state index in [1.807, 2.05) is 10.9 Å². The standard InChI is InChI=1S/C12H15BrN2O/c1-2-6-15-12(11(13)8-14-15)9-4-3-5-10(16)7-9/h7-8H,2-6H2,1H3. The van der Waals surface area contributed by atoms with Crippen molar-refractivity contribution in [3.8, 4) is 0 Å². The summed E-state index contributed by atoms with van der Waals surface area (Å²) in [6, 6.07) is 0. The Morgan fingerprint density at radius 2 is 2.31 bits per heavy atom. The molecule has 1 aliphatic carbocycles. The molecule has 0 amide bonds. The van der Waals surface area contributed by atoms with Crippen LogP contribution in [0.1, 0.15) is 38.3 Å². The Kier molecular flexibility index (Phi) is 3.59. The molecule has 3 nitrogen and oxygen atoms in total. The maximum Gasteiger partial charge on any atom is 0.156 e. The Hall–Kier alpha value is -0.900. The van der Waals surface area contributed by atoms with Gasteiger partial charge < -0.3 is 0 Å². The summed E-state index contributed by atoms with van der Waals surface area (Å²) in [5.74, 6) is 0.234. The van der Waals surface area contributed by atoms with E-state index in [4.69, 9.17) is 0 Å². The van der Waals surface area contributed by atoms with Gasteiger partial charge in [0.05, 0.1) is 16.4 Å². The molecule has 2 rings (SSSR count). The third-order valence-electron chi connectivity index (χ3n) is 2.74. The lowest BCUT2D eigenvalue weighted by Gasteiger charge is -2.14. The van der Waals surface area contributed by atoms with Crippen LogP contribution < -0.4 is 0 Å². The van der Waals surface area contributed by atoms with Crippen molar-refractivity contribution < 1.29 is 4.79 Å². The molecule has 0 N–H and O–H groups in total. The van der Waals surface area contributed by atoms with Crippen molar-refractivity contribution in [2.75, 3.05) is 0 Å². The Balaban J connectivity index is 2.38. The number of aromatic nitrogens is 2. The molecule has 86 valence electrons. The average molecular weight is 283 g/mol. The van der Waals surface area contributed by atoms with E-state index in [2.05, 4.69) is 28.0 Å². The van der Waals surface area contributed by atoms with E-state index in [-0.39, 0.29) is 5.78 Å².